The average Bonchev–Trinajstić information content (AvgIpc) is 3.27. The zero-order chi connectivity index (χ0) is 21.3. The first kappa shape index (κ1) is 20.5. The van der Waals surface area contributed by atoms with Gasteiger partial charge >= 0.3 is 0 Å². The highest BCUT2D eigenvalue weighted by Crippen LogP contribution is 2.28. The predicted molar refractivity (Wildman–Crippen MR) is 115 cm³/mol. The first-order chi connectivity index (χ1) is 14.5. The van der Waals surface area contributed by atoms with E-state index < -0.39 is 5.91 Å². The maximum absolute atomic E-state index is 12.9. The zero-order valence-corrected chi connectivity index (χ0v) is 18.1. The smallest absolute Gasteiger partial charge is 0.266 e. The van der Waals surface area contributed by atoms with Crippen LogP contribution in [-0.4, -0.2) is 57.8 Å². The molecule has 1 N–H and O–H groups in total. The molecule has 1 fully saturated rings. The lowest BCUT2D eigenvalue weighted by Gasteiger charge is -2.26. The third kappa shape index (κ3) is 3.96. The van der Waals surface area contributed by atoms with Gasteiger partial charge in [0.05, 0.1) is 30.3 Å². The normalized spacial score (nSPS) is 14.0. The van der Waals surface area contributed by atoms with Gasteiger partial charge in [0.1, 0.15) is 15.6 Å². The molecule has 0 radical (unpaired) electrons. The molecule has 1 saturated heterocycles. The Hall–Kier alpha value is -2.75. The molecule has 1 aromatic carbocycles. The number of para-hydroxylation sites is 1. The van der Waals surface area contributed by atoms with Crippen molar-refractivity contribution in [3.63, 3.8) is 0 Å². The molecule has 1 aliphatic heterocycles. The Kier molecular flexibility index (Phi) is 5.85. The van der Waals surface area contributed by atoms with E-state index in [4.69, 9.17) is 16.3 Å². The van der Waals surface area contributed by atoms with Crippen LogP contribution in [0.5, 0.6) is 0 Å². The molecular formula is C20H20ClN5O3S. The summed E-state index contributed by atoms with van der Waals surface area (Å²) in [6, 6.07) is 9.34. The van der Waals surface area contributed by atoms with Crippen LogP contribution in [0.1, 0.15) is 31.4 Å². The second kappa shape index (κ2) is 8.55. The summed E-state index contributed by atoms with van der Waals surface area (Å²) in [6.45, 7) is 5.62. The number of hydrogen-bond donors (Lipinski definition) is 1. The molecule has 0 spiro atoms. The third-order valence-electron chi connectivity index (χ3n) is 4.74. The number of hydrogen-bond acceptors (Lipinski definition) is 6. The predicted octanol–water partition coefficient (Wildman–Crippen LogP) is 3.32. The molecule has 0 bridgehead atoms. The fourth-order valence-electron chi connectivity index (χ4n) is 3.22. The lowest BCUT2D eigenvalue weighted by molar-refractivity contribution is 0.0305. The first-order valence-corrected chi connectivity index (χ1v) is 10.6. The molecule has 1 aliphatic rings. The van der Waals surface area contributed by atoms with E-state index in [-0.39, 0.29) is 16.6 Å². The summed E-state index contributed by atoms with van der Waals surface area (Å²) in [7, 11) is 0. The van der Waals surface area contributed by atoms with Crippen molar-refractivity contribution in [1.29, 1.82) is 0 Å². The molecule has 156 valence electrons. The van der Waals surface area contributed by atoms with Gasteiger partial charge in [-0.2, -0.15) is 5.10 Å². The second-order valence-electron chi connectivity index (χ2n) is 6.79. The number of nitrogens with one attached hydrogen (secondary N) is 1. The lowest BCUT2D eigenvalue weighted by Crippen LogP contribution is -2.40. The van der Waals surface area contributed by atoms with Crippen LogP contribution in [0.3, 0.4) is 0 Å². The number of benzene rings is 1. The van der Waals surface area contributed by atoms with Crippen LogP contribution in [-0.2, 0) is 4.74 Å². The highest BCUT2D eigenvalue weighted by molar-refractivity contribution is 7.17. The molecule has 0 atom stereocenters. The summed E-state index contributed by atoms with van der Waals surface area (Å²) in [5.41, 5.74) is 2.11. The van der Waals surface area contributed by atoms with Crippen LogP contribution in [0.25, 0.3) is 5.69 Å². The number of halogens is 1. The number of carbonyl (C=O) groups is 2. The molecule has 0 saturated carbocycles. The second-order valence-corrected chi connectivity index (χ2v) is 8.15. The van der Waals surface area contributed by atoms with Crippen molar-refractivity contribution in [3.05, 3.63) is 57.3 Å². The minimum atomic E-state index is -0.418. The van der Waals surface area contributed by atoms with Crippen LogP contribution in [0.2, 0.25) is 5.15 Å². The average molecular weight is 446 g/mol. The fourth-order valence-corrected chi connectivity index (χ4v) is 4.50. The molecule has 2 aromatic heterocycles. The first-order valence-electron chi connectivity index (χ1n) is 9.42. The van der Waals surface area contributed by atoms with Crippen molar-refractivity contribution < 1.29 is 14.3 Å². The Morgan fingerprint density at radius 2 is 1.83 bits per heavy atom. The molecule has 8 nitrogen and oxygen atoms in total. The summed E-state index contributed by atoms with van der Waals surface area (Å²) >= 11 is 7.62. The largest absolute Gasteiger partial charge is 0.378 e. The number of amides is 2. The van der Waals surface area contributed by atoms with Gasteiger partial charge in [0.25, 0.3) is 11.8 Å². The number of morpholine rings is 1. The molecule has 3 heterocycles. The number of aromatic nitrogens is 3. The number of ether oxygens (including phenoxy) is 1. The zero-order valence-electron chi connectivity index (χ0n) is 16.5. The van der Waals surface area contributed by atoms with Gasteiger partial charge in [-0.15, -0.1) is 0 Å². The van der Waals surface area contributed by atoms with Crippen LogP contribution in [0.15, 0.2) is 30.3 Å². The van der Waals surface area contributed by atoms with E-state index in [0.717, 1.165) is 17.0 Å². The van der Waals surface area contributed by atoms with Crippen LogP contribution >= 0.6 is 22.9 Å². The number of aryl methyl sites for hydroxylation is 2. The van der Waals surface area contributed by atoms with E-state index in [1.54, 1.807) is 18.7 Å². The van der Waals surface area contributed by atoms with Gasteiger partial charge in [0.2, 0.25) is 0 Å². The maximum atomic E-state index is 12.9. The molecule has 0 aliphatic carbocycles. The molecule has 10 heteroatoms. The SMILES string of the molecule is Cc1nc(NC(=O)c2c(C)nn(-c3ccccc3)c2Cl)sc1C(=O)N1CCOCC1. The highest BCUT2D eigenvalue weighted by atomic mass is 35.5. The lowest BCUT2D eigenvalue weighted by atomic mass is 10.2. The summed E-state index contributed by atoms with van der Waals surface area (Å²) in [5.74, 6) is -0.515. The van der Waals surface area contributed by atoms with Gasteiger partial charge in [-0.1, -0.05) is 41.1 Å². The van der Waals surface area contributed by atoms with Gasteiger partial charge < -0.3 is 9.64 Å². The maximum Gasteiger partial charge on any atom is 0.266 e. The van der Waals surface area contributed by atoms with Crippen molar-refractivity contribution in [2.24, 2.45) is 0 Å². The third-order valence-corrected chi connectivity index (χ3v) is 6.15. The minimum absolute atomic E-state index is 0.0973. The minimum Gasteiger partial charge on any atom is -0.378 e. The van der Waals surface area contributed by atoms with Crippen molar-refractivity contribution in [2.45, 2.75) is 13.8 Å². The van der Waals surface area contributed by atoms with E-state index in [1.807, 2.05) is 30.3 Å². The Labute approximate surface area is 182 Å². The summed E-state index contributed by atoms with van der Waals surface area (Å²) in [4.78, 5) is 32.2. The standard InChI is InChI=1S/C20H20ClN5O3S/c1-12-15(17(21)26(24-12)14-6-4-3-5-7-14)18(27)23-20-22-13(2)16(30-20)19(28)25-8-10-29-11-9-25/h3-7H,8-11H2,1-2H3,(H,22,23,27). The topological polar surface area (TPSA) is 89.3 Å². The molecular weight excluding hydrogens is 426 g/mol. The fraction of sp³-hybridized carbons (Fsp3) is 0.300. The van der Waals surface area contributed by atoms with E-state index in [2.05, 4.69) is 15.4 Å². The van der Waals surface area contributed by atoms with Crippen LogP contribution in [0, 0.1) is 13.8 Å². The van der Waals surface area contributed by atoms with Gasteiger partial charge in [0.15, 0.2) is 5.13 Å². The summed E-state index contributed by atoms with van der Waals surface area (Å²) in [6.07, 6.45) is 0. The van der Waals surface area contributed by atoms with Gasteiger partial charge in [0, 0.05) is 13.1 Å². The molecule has 30 heavy (non-hydrogen) atoms. The number of carbonyl (C=O) groups excluding carboxylic acids is 2. The van der Waals surface area contributed by atoms with Crippen LogP contribution in [0.4, 0.5) is 5.13 Å². The van der Waals surface area contributed by atoms with Crippen molar-refractivity contribution in [3.8, 4) is 5.69 Å². The van der Waals surface area contributed by atoms with E-state index in [9.17, 15) is 9.59 Å². The number of rotatable bonds is 4. The van der Waals surface area contributed by atoms with Crippen LogP contribution < -0.4 is 5.32 Å². The Bertz CT molecular complexity index is 1090. The van der Waals surface area contributed by atoms with Gasteiger partial charge in [-0.25, -0.2) is 9.67 Å². The highest BCUT2D eigenvalue weighted by Gasteiger charge is 2.26. The van der Waals surface area contributed by atoms with Crippen molar-refractivity contribution >= 4 is 39.9 Å². The quantitative estimate of drug-likeness (QED) is 0.665. The van der Waals surface area contributed by atoms with Gasteiger partial charge in [-0.05, 0) is 26.0 Å². The summed E-state index contributed by atoms with van der Waals surface area (Å²) < 4.78 is 6.82. The summed E-state index contributed by atoms with van der Waals surface area (Å²) in [5, 5.41) is 7.71. The van der Waals surface area contributed by atoms with Gasteiger partial charge in [-0.3, -0.25) is 14.9 Å². The molecule has 2 amide bonds. The van der Waals surface area contributed by atoms with Crippen molar-refractivity contribution in [2.75, 3.05) is 31.6 Å². The number of thiazole rings is 1. The van der Waals surface area contributed by atoms with E-state index >= 15 is 0 Å². The Morgan fingerprint density at radius 1 is 1.13 bits per heavy atom. The van der Waals surface area contributed by atoms with Crippen molar-refractivity contribution in [1.82, 2.24) is 19.7 Å². The Morgan fingerprint density at radius 3 is 2.53 bits per heavy atom. The molecule has 0 unspecified atom stereocenters. The monoisotopic (exact) mass is 445 g/mol. The molecule has 3 aromatic rings. The van der Waals surface area contributed by atoms with E-state index in [0.29, 0.717) is 47.7 Å². The molecule has 4 rings (SSSR count). The van der Waals surface area contributed by atoms with E-state index in [1.165, 1.54) is 4.68 Å². The number of nitrogens with zero attached hydrogens (tertiary/aromatic N) is 4. The number of anilines is 1. The Balaban J connectivity index is 1.55.